The molecule has 0 atom stereocenters. The van der Waals surface area contributed by atoms with Gasteiger partial charge in [-0.25, -0.2) is 0 Å². The number of halogens is 4. The monoisotopic (exact) mass is 294 g/mol. The topological polar surface area (TPSA) is 17.8 Å². The third kappa shape index (κ3) is 3.25. The molecule has 0 N–H and O–H groups in total. The van der Waals surface area contributed by atoms with E-state index in [9.17, 15) is 13.2 Å². The van der Waals surface area contributed by atoms with Gasteiger partial charge in [-0.05, 0) is 31.6 Å². The molecule has 0 unspecified atom stereocenters. The quantitative estimate of drug-likeness (QED) is 0.774. The summed E-state index contributed by atoms with van der Waals surface area (Å²) in [7, 11) is 0. The first-order chi connectivity index (χ1) is 8.79. The lowest BCUT2D eigenvalue weighted by Crippen LogP contribution is -2.22. The van der Waals surface area contributed by atoms with Gasteiger partial charge in [0.15, 0.2) is 5.69 Å². The van der Waals surface area contributed by atoms with Gasteiger partial charge in [0, 0.05) is 6.54 Å². The minimum absolute atomic E-state index is 0.248. The van der Waals surface area contributed by atoms with Crippen molar-refractivity contribution in [2.24, 2.45) is 11.8 Å². The number of aryl methyl sites for hydroxylation is 1. The van der Waals surface area contributed by atoms with E-state index in [2.05, 4.69) is 12.0 Å². The molecule has 1 aliphatic rings. The molecule has 1 aliphatic carbocycles. The fraction of sp³-hybridized carbons (Fsp3) is 0.769. The van der Waals surface area contributed by atoms with Crippen LogP contribution in [0.1, 0.15) is 44.0 Å². The zero-order valence-corrected chi connectivity index (χ0v) is 11.9. The Morgan fingerprint density at radius 3 is 2.37 bits per heavy atom. The lowest BCUT2D eigenvalue weighted by molar-refractivity contribution is -0.144. The zero-order valence-electron chi connectivity index (χ0n) is 11.1. The molecule has 6 heteroatoms. The Kier molecular flexibility index (Phi) is 4.14. The number of hydrogen-bond donors (Lipinski definition) is 0. The first-order valence-corrected chi connectivity index (χ1v) is 6.97. The van der Waals surface area contributed by atoms with Gasteiger partial charge in [-0.1, -0.05) is 31.4 Å². The van der Waals surface area contributed by atoms with E-state index < -0.39 is 11.9 Å². The largest absolute Gasteiger partial charge is 0.434 e. The maximum atomic E-state index is 13.0. The molecule has 1 saturated carbocycles. The lowest BCUT2D eigenvalue weighted by Gasteiger charge is -2.26. The number of nitrogens with zero attached hydrogens (tertiary/aromatic N) is 2. The molecule has 0 spiro atoms. The Bertz CT molecular complexity index is 445. The van der Waals surface area contributed by atoms with Crippen molar-refractivity contribution in [2.75, 3.05) is 0 Å². The highest BCUT2D eigenvalue weighted by Crippen LogP contribution is 2.37. The summed E-state index contributed by atoms with van der Waals surface area (Å²) < 4.78 is 40.0. The van der Waals surface area contributed by atoms with Crippen LogP contribution >= 0.6 is 11.6 Å². The van der Waals surface area contributed by atoms with Crippen molar-refractivity contribution < 1.29 is 13.2 Å². The maximum Gasteiger partial charge on any atom is 0.434 e. The van der Waals surface area contributed by atoms with Crippen molar-refractivity contribution in [3.8, 4) is 0 Å². The second-order valence-electron chi connectivity index (χ2n) is 5.55. The predicted octanol–water partition coefficient (Wildman–Crippen LogP) is 4.69. The molecule has 19 heavy (non-hydrogen) atoms. The molecule has 1 aromatic rings. The summed E-state index contributed by atoms with van der Waals surface area (Å²) in [6.45, 7) is 4.01. The summed E-state index contributed by atoms with van der Waals surface area (Å²) in [4.78, 5) is 0. The van der Waals surface area contributed by atoms with Gasteiger partial charge in [0.1, 0.15) is 0 Å². The smallest absolute Gasteiger partial charge is 0.258 e. The second kappa shape index (κ2) is 5.35. The van der Waals surface area contributed by atoms with Crippen molar-refractivity contribution >= 4 is 11.6 Å². The molecule has 0 bridgehead atoms. The van der Waals surface area contributed by atoms with Gasteiger partial charge in [-0.15, -0.1) is 0 Å². The summed E-state index contributed by atoms with van der Waals surface area (Å²) in [5.41, 5.74) is -0.552. The maximum absolute atomic E-state index is 13.0. The van der Waals surface area contributed by atoms with Crippen LogP contribution in [0.2, 0.25) is 5.02 Å². The Morgan fingerprint density at radius 1 is 1.26 bits per heavy atom. The molecule has 0 aromatic carbocycles. The summed E-state index contributed by atoms with van der Waals surface area (Å²) in [5.74, 6) is 0.953. The number of rotatable bonds is 2. The predicted molar refractivity (Wildman–Crippen MR) is 68.1 cm³/mol. The van der Waals surface area contributed by atoms with Gasteiger partial charge < -0.3 is 0 Å². The second-order valence-corrected chi connectivity index (χ2v) is 5.93. The van der Waals surface area contributed by atoms with Crippen LogP contribution in [0.4, 0.5) is 13.2 Å². The lowest BCUT2D eigenvalue weighted by atomic mass is 9.83. The average Bonchev–Trinajstić information content (AvgIpc) is 2.57. The molecule has 0 saturated heterocycles. The van der Waals surface area contributed by atoms with Crippen LogP contribution in [0.15, 0.2) is 0 Å². The molecule has 0 radical (unpaired) electrons. The fourth-order valence-corrected chi connectivity index (χ4v) is 2.96. The van der Waals surface area contributed by atoms with Crippen LogP contribution in [0.3, 0.4) is 0 Å². The van der Waals surface area contributed by atoms with Crippen molar-refractivity contribution in [3.05, 3.63) is 16.4 Å². The summed E-state index contributed by atoms with van der Waals surface area (Å²) in [6.07, 6.45) is -0.343. The highest BCUT2D eigenvalue weighted by molar-refractivity contribution is 6.31. The first kappa shape index (κ1) is 14.7. The summed E-state index contributed by atoms with van der Waals surface area (Å²) in [5, 5.41) is 3.69. The van der Waals surface area contributed by atoms with Crippen LogP contribution < -0.4 is 0 Å². The minimum Gasteiger partial charge on any atom is -0.258 e. The van der Waals surface area contributed by atoms with E-state index >= 15 is 0 Å². The normalized spacial score (nSPS) is 24.7. The Balaban J connectivity index is 2.19. The van der Waals surface area contributed by atoms with Crippen LogP contribution in [-0.2, 0) is 12.7 Å². The number of alkyl halides is 3. The summed E-state index contributed by atoms with van der Waals surface area (Å²) in [6, 6.07) is 0. The van der Waals surface area contributed by atoms with E-state index in [1.165, 1.54) is 6.92 Å². The van der Waals surface area contributed by atoms with Crippen molar-refractivity contribution in [1.82, 2.24) is 9.78 Å². The van der Waals surface area contributed by atoms with Gasteiger partial charge in [0.05, 0.1) is 10.7 Å². The van der Waals surface area contributed by atoms with Gasteiger partial charge >= 0.3 is 6.18 Å². The SMILES string of the molecule is Cc1nn(CC2CCC(C)CC2)c(C(F)(F)F)c1Cl. The highest BCUT2D eigenvalue weighted by atomic mass is 35.5. The Labute approximate surface area is 115 Å². The minimum atomic E-state index is -4.44. The average molecular weight is 295 g/mol. The van der Waals surface area contributed by atoms with E-state index in [1.807, 2.05) is 0 Å². The number of aromatic nitrogens is 2. The Morgan fingerprint density at radius 2 is 1.84 bits per heavy atom. The fourth-order valence-electron chi connectivity index (χ4n) is 2.72. The molecule has 108 valence electrons. The molecular weight excluding hydrogens is 277 g/mol. The molecular formula is C13H18ClF3N2. The third-order valence-corrected chi connectivity index (χ3v) is 4.34. The molecule has 1 heterocycles. The standard InChI is InChI=1S/C13H18ClF3N2/c1-8-3-5-10(6-4-8)7-19-12(13(15,16)17)11(14)9(2)18-19/h8,10H,3-7H2,1-2H3. The van der Waals surface area contributed by atoms with Crippen molar-refractivity contribution in [1.29, 1.82) is 0 Å². The number of hydrogen-bond acceptors (Lipinski definition) is 1. The molecule has 2 nitrogen and oxygen atoms in total. The van der Waals surface area contributed by atoms with Crippen LogP contribution in [-0.4, -0.2) is 9.78 Å². The molecule has 0 amide bonds. The van der Waals surface area contributed by atoms with E-state index in [4.69, 9.17) is 11.6 Å². The molecule has 1 fully saturated rings. The van der Waals surface area contributed by atoms with Gasteiger partial charge in [0.2, 0.25) is 0 Å². The zero-order chi connectivity index (χ0) is 14.2. The molecule has 1 aromatic heterocycles. The molecule has 0 aliphatic heterocycles. The van der Waals surface area contributed by atoms with Crippen LogP contribution in [0, 0.1) is 18.8 Å². The van der Waals surface area contributed by atoms with Crippen LogP contribution in [0.5, 0.6) is 0 Å². The Hall–Kier alpha value is -0.710. The van der Waals surface area contributed by atoms with E-state index in [-0.39, 0.29) is 16.6 Å². The van der Waals surface area contributed by atoms with Crippen molar-refractivity contribution in [2.45, 2.75) is 52.3 Å². The van der Waals surface area contributed by atoms with Crippen molar-refractivity contribution in [3.63, 3.8) is 0 Å². The molecule has 2 rings (SSSR count). The van der Waals surface area contributed by atoms with Gasteiger partial charge in [-0.3, -0.25) is 4.68 Å². The van der Waals surface area contributed by atoms with Crippen LogP contribution in [0.25, 0.3) is 0 Å². The van der Waals surface area contributed by atoms with E-state index in [1.54, 1.807) is 0 Å². The van der Waals surface area contributed by atoms with E-state index in [0.29, 0.717) is 12.5 Å². The van der Waals surface area contributed by atoms with E-state index in [0.717, 1.165) is 30.4 Å². The highest BCUT2D eigenvalue weighted by Gasteiger charge is 2.39. The summed E-state index contributed by atoms with van der Waals surface area (Å²) >= 11 is 5.74. The third-order valence-electron chi connectivity index (χ3n) is 3.89. The first-order valence-electron chi connectivity index (χ1n) is 6.59. The van der Waals surface area contributed by atoms with Gasteiger partial charge in [0.25, 0.3) is 0 Å². The van der Waals surface area contributed by atoms with Gasteiger partial charge in [-0.2, -0.15) is 18.3 Å².